The minimum absolute atomic E-state index is 0. The van der Waals surface area contributed by atoms with Crippen molar-refractivity contribution in [3.8, 4) is 0 Å². The Morgan fingerprint density at radius 1 is 1.40 bits per heavy atom. The average Bonchev–Trinajstić information content (AvgIpc) is 2.89. The highest BCUT2D eigenvalue weighted by atomic mass is 127. The topological polar surface area (TPSA) is 79.5 Å². The molecule has 1 amide bonds. The van der Waals surface area contributed by atoms with Gasteiger partial charge in [-0.15, -0.1) is 35.3 Å². The van der Waals surface area contributed by atoms with Crippen LogP contribution < -0.4 is 16.4 Å². The van der Waals surface area contributed by atoms with E-state index in [1.807, 2.05) is 13.0 Å². The largest absolute Gasteiger partial charge is 0.370 e. The molecule has 5 nitrogen and oxygen atoms in total. The number of amides is 1. The smallest absolute Gasteiger partial charge is 0.221 e. The quantitative estimate of drug-likeness (QED) is 0.347. The van der Waals surface area contributed by atoms with Crippen molar-refractivity contribution in [2.24, 2.45) is 10.7 Å². The molecule has 114 valence electrons. The number of guanidine groups is 1. The first kappa shape index (κ1) is 19.2. The van der Waals surface area contributed by atoms with Gasteiger partial charge in [0.25, 0.3) is 0 Å². The zero-order valence-corrected chi connectivity index (χ0v) is 14.9. The molecule has 1 heterocycles. The predicted molar refractivity (Wildman–Crippen MR) is 95.8 cm³/mol. The van der Waals surface area contributed by atoms with Gasteiger partial charge in [0.15, 0.2) is 5.96 Å². The fourth-order valence-electron chi connectivity index (χ4n) is 1.45. The number of nitrogens with one attached hydrogen (secondary N) is 2. The number of thiophene rings is 1. The molecular weight excluding hydrogens is 387 g/mol. The van der Waals surface area contributed by atoms with Crippen molar-refractivity contribution in [2.45, 2.75) is 26.2 Å². The third-order valence-electron chi connectivity index (χ3n) is 2.45. The molecule has 0 spiro atoms. The Bertz CT molecular complexity index is 395. The van der Waals surface area contributed by atoms with Gasteiger partial charge in [-0.05, 0) is 17.9 Å². The van der Waals surface area contributed by atoms with Crippen LogP contribution in [0.2, 0.25) is 0 Å². The molecule has 7 heteroatoms. The lowest BCUT2D eigenvalue weighted by atomic mass is 10.3. The lowest BCUT2D eigenvalue weighted by molar-refractivity contribution is -0.120. The molecule has 0 aliphatic carbocycles. The molecule has 20 heavy (non-hydrogen) atoms. The van der Waals surface area contributed by atoms with Crippen molar-refractivity contribution in [1.29, 1.82) is 0 Å². The summed E-state index contributed by atoms with van der Waals surface area (Å²) in [6.07, 6.45) is 2.27. The molecule has 0 bridgehead atoms. The molecule has 0 atom stereocenters. The fraction of sp³-hybridized carbons (Fsp3) is 0.538. The summed E-state index contributed by atoms with van der Waals surface area (Å²) in [6, 6.07) is 4.11. The lowest BCUT2D eigenvalue weighted by Gasteiger charge is -2.06. The molecule has 0 aliphatic heterocycles. The predicted octanol–water partition coefficient (Wildman–Crippen LogP) is 1.73. The van der Waals surface area contributed by atoms with Crippen molar-refractivity contribution in [2.75, 3.05) is 19.6 Å². The first-order chi connectivity index (χ1) is 9.22. The fourth-order valence-corrected chi connectivity index (χ4v) is 2.15. The number of aliphatic imine (C=N–C) groups is 1. The van der Waals surface area contributed by atoms with E-state index in [1.165, 1.54) is 4.88 Å². The van der Waals surface area contributed by atoms with Crippen LogP contribution in [0.3, 0.4) is 0 Å². The number of hydrogen-bond donors (Lipinski definition) is 3. The lowest BCUT2D eigenvalue weighted by Crippen LogP contribution is -2.35. The molecular formula is C13H23IN4OS. The van der Waals surface area contributed by atoms with Gasteiger partial charge < -0.3 is 16.4 Å². The summed E-state index contributed by atoms with van der Waals surface area (Å²) in [6.45, 7) is 3.94. The maximum Gasteiger partial charge on any atom is 0.221 e. The van der Waals surface area contributed by atoms with Crippen LogP contribution in [0.1, 0.15) is 24.6 Å². The highest BCUT2D eigenvalue weighted by Gasteiger charge is 1.99. The monoisotopic (exact) mass is 410 g/mol. The second-order valence-corrected chi connectivity index (χ2v) is 5.16. The summed E-state index contributed by atoms with van der Waals surface area (Å²) in [4.78, 5) is 16.8. The average molecular weight is 410 g/mol. The van der Waals surface area contributed by atoms with Gasteiger partial charge in [0.1, 0.15) is 0 Å². The van der Waals surface area contributed by atoms with E-state index in [-0.39, 0.29) is 29.9 Å². The molecule has 4 N–H and O–H groups in total. The van der Waals surface area contributed by atoms with Gasteiger partial charge >= 0.3 is 0 Å². The molecule has 1 aromatic heterocycles. The Balaban J connectivity index is 0.00000361. The number of halogens is 1. The van der Waals surface area contributed by atoms with Crippen LogP contribution in [0.4, 0.5) is 0 Å². The second-order valence-electron chi connectivity index (χ2n) is 4.12. The number of carbonyl (C=O) groups is 1. The van der Waals surface area contributed by atoms with Crippen LogP contribution in [0.25, 0.3) is 0 Å². The maximum absolute atomic E-state index is 11.3. The molecule has 0 saturated carbocycles. The molecule has 1 rings (SSSR count). The summed E-state index contributed by atoms with van der Waals surface area (Å²) in [5.41, 5.74) is 5.71. The molecule has 0 unspecified atom stereocenters. The zero-order chi connectivity index (χ0) is 13.9. The highest BCUT2D eigenvalue weighted by Crippen LogP contribution is 2.08. The van der Waals surface area contributed by atoms with Crippen molar-refractivity contribution in [3.63, 3.8) is 0 Å². The Hall–Kier alpha value is -0.830. The maximum atomic E-state index is 11.3. The van der Waals surface area contributed by atoms with Crippen molar-refractivity contribution < 1.29 is 4.79 Å². The van der Waals surface area contributed by atoms with Crippen LogP contribution in [-0.4, -0.2) is 31.5 Å². The van der Waals surface area contributed by atoms with E-state index in [1.54, 1.807) is 11.3 Å². The summed E-state index contributed by atoms with van der Waals surface area (Å²) < 4.78 is 0. The van der Waals surface area contributed by atoms with E-state index in [9.17, 15) is 4.79 Å². The molecule has 0 saturated heterocycles. The van der Waals surface area contributed by atoms with Gasteiger partial charge in [0.2, 0.25) is 5.91 Å². The first-order valence-electron chi connectivity index (χ1n) is 6.55. The van der Waals surface area contributed by atoms with E-state index in [0.717, 1.165) is 19.4 Å². The Morgan fingerprint density at radius 2 is 2.20 bits per heavy atom. The van der Waals surface area contributed by atoms with Crippen LogP contribution in [0, 0.1) is 0 Å². The van der Waals surface area contributed by atoms with E-state index in [2.05, 4.69) is 27.1 Å². The summed E-state index contributed by atoms with van der Waals surface area (Å²) in [5.74, 6) is 0.445. The molecule has 1 aromatic rings. The van der Waals surface area contributed by atoms with Gasteiger partial charge in [0, 0.05) is 37.4 Å². The Kier molecular flexibility index (Phi) is 11.5. The van der Waals surface area contributed by atoms with E-state index >= 15 is 0 Å². The van der Waals surface area contributed by atoms with Crippen LogP contribution in [0.15, 0.2) is 22.5 Å². The van der Waals surface area contributed by atoms with Crippen molar-refractivity contribution >= 4 is 47.2 Å². The van der Waals surface area contributed by atoms with Crippen LogP contribution in [-0.2, 0) is 11.2 Å². The minimum Gasteiger partial charge on any atom is -0.370 e. The van der Waals surface area contributed by atoms with Gasteiger partial charge in [-0.2, -0.15) is 0 Å². The summed E-state index contributed by atoms with van der Waals surface area (Å²) >= 11 is 1.72. The molecule has 0 fully saturated rings. The molecule has 0 aliphatic rings. The van der Waals surface area contributed by atoms with Gasteiger partial charge in [-0.1, -0.05) is 13.0 Å². The SMILES string of the molecule is CCCNC(=O)CCNC(N)=NCCc1cccs1.I. The number of rotatable bonds is 8. The highest BCUT2D eigenvalue weighted by molar-refractivity contribution is 14.0. The standard InChI is InChI=1S/C13H22N4OS.HI/c1-2-7-15-12(18)6-9-17-13(14)16-8-5-11-4-3-10-19-11;/h3-4,10H,2,5-9H2,1H3,(H,15,18)(H3,14,16,17);1H. The summed E-state index contributed by atoms with van der Waals surface area (Å²) in [7, 11) is 0. The third-order valence-corrected chi connectivity index (χ3v) is 3.39. The second kappa shape index (κ2) is 12.0. The molecule has 0 radical (unpaired) electrons. The van der Waals surface area contributed by atoms with Crippen LogP contribution in [0.5, 0.6) is 0 Å². The first-order valence-corrected chi connectivity index (χ1v) is 7.43. The number of nitrogens with two attached hydrogens (primary N) is 1. The van der Waals surface area contributed by atoms with E-state index in [0.29, 0.717) is 25.5 Å². The Labute approximate surface area is 141 Å². The third kappa shape index (κ3) is 9.13. The Morgan fingerprint density at radius 3 is 2.85 bits per heavy atom. The minimum atomic E-state index is 0. The van der Waals surface area contributed by atoms with Gasteiger partial charge in [-0.25, -0.2) is 0 Å². The van der Waals surface area contributed by atoms with E-state index < -0.39 is 0 Å². The number of carbonyl (C=O) groups excluding carboxylic acids is 1. The van der Waals surface area contributed by atoms with Crippen molar-refractivity contribution in [1.82, 2.24) is 10.6 Å². The molecule has 0 aromatic carbocycles. The van der Waals surface area contributed by atoms with Crippen LogP contribution >= 0.6 is 35.3 Å². The number of hydrogen-bond acceptors (Lipinski definition) is 3. The van der Waals surface area contributed by atoms with Gasteiger partial charge in [-0.3, -0.25) is 9.79 Å². The van der Waals surface area contributed by atoms with Crippen molar-refractivity contribution in [3.05, 3.63) is 22.4 Å². The zero-order valence-electron chi connectivity index (χ0n) is 11.7. The van der Waals surface area contributed by atoms with E-state index in [4.69, 9.17) is 5.73 Å². The normalized spacial score (nSPS) is 10.8. The summed E-state index contributed by atoms with van der Waals surface area (Å²) in [5, 5.41) is 7.80. The number of nitrogens with zero attached hydrogens (tertiary/aromatic N) is 1. The van der Waals surface area contributed by atoms with Gasteiger partial charge in [0.05, 0.1) is 0 Å².